The standard InChI is InChI=1S/C13H17NO4/c1-18-12-7-9(4-5-11(12)16)13(17)14-6-2-3-10(14)8-15/h4-5,7,10,15-16H,2-3,6,8H2,1H3. The number of hydrogen-bond donors (Lipinski definition) is 2. The van der Waals surface area contributed by atoms with Crippen molar-refractivity contribution in [3.05, 3.63) is 23.8 Å². The molecule has 5 nitrogen and oxygen atoms in total. The number of aliphatic hydroxyl groups is 1. The molecule has 0 aromatic heterocycles. The first-order valence-electron chi connectivity index (χ1n) is 5.96. The molecule has 1 amide bonds. The number of amides is 1. The Hall–Kier alpha value is -1.75. The van der Waals surface area contributed by atoms with E-state index in [0.717, 1.165) is 12.8 Å². The van der Waals surface area contributed by atoms with Gasteiger partial charge in [-0.2, -0.15) is 0 Å². The van der Waals surface area contributed by atoms with Crippen molar-refractivity contribution in [2.45, 2.75) is 18.9 Å². The lowest BCUT2D eigenvalue weighted by atomic mass is 10.1. The second kappa shape index (κ2) is 5.27. The van der Waals surface area contributed by atoms with Gasteiger partial charge in [-0.05, 0) is 31.0 Å². The van der Waals surface area contributed by atoms with Crippen molar-refractivity contribution in [1.82, 2.24) is 4.90 Å². The summed E-state index contributed by atoms with van der Waals surface area (Å²) in [4.78, 5) is 13.9. The van der Waals surface area contributed by atoms with Gasteiger partial charge in [0.2, 0.25) is 0 Å². The number of methoxy groups -OCH3 is 1. The van der Waals surface area contributed by atoms with Crippen molar-refractivity contribution in [2.75, 3.05) is 20.3 Å². The maximum Gasteiger partial charge on any atom is 0.254 e. The van der Waals surface area contributed by atoms with E-state index >= 15 is 0 Å². The van der Waals surface area contributed by atoms with Crippen LogP contribution in [0.1, 0.15) is 23.2 Å². The van der Waals surface area contributed by atoms with Crippen LogP contribution in [0.15, 0.2) is 18.2 Å². The minimum absolute atomic E-state index is 0.00850. The maximum absolute atomic E-state index is 12.3. The zero-order valence-electron chi connectivity index (χ0n) is 10.3. The molecule has 2 rings (SSSR count). The number of rotatable bonds is 3. The lowest BCUT2D eigenvalue weighted by Crippen LogP contribution is -2.37. The third kappa shape index (κ3) is 2.26. The van der Waals surface area contributed by atoms with Crippen molar-refractivity contribution in [3.63, 3.8) is 0 Å². The first-order chi connectivity index (χ1) is 8.67. The summed E-state index contributed by atoms with van der Waals surface area (Å²) in [5.74, 6) is 0.152. The zero-order valence-corrected chi connectivity index (χ0v) is 10.3. The van der Waals surface area contributed by atoms with E-state index in [0.29, 0.717) is 12.1 Å². The molecule has 1 atom stereocenters. The number of aliphatic hydroxyl groups excluding tert-OH is 1. The largest absolute Gasteiger partial charge is 0.504 e. The van der Waals surface area contributed by atoms with Crippen LogP contribution in [0.5, 0.6) is 11.5 Å². The zero-order chi connectivity index (χ0) is 13.1. The highest BCUT2D eigenvalue weighted by Gasteiger charge is 2.29. The highest BCUT2D eigenvalue weighted by atomic mass is 16.5. The lowest BCUT2D eigenvalue weighted by Gasteiger charge is -2.23. The maximum atomic E-state index is 12.3. The summed E-state index contributed by atoms with van der Waals surface area (Å²) in [5.41, 5.74) is 0.463. The summed E-state index contributed by atoms with van der Waals surface area (Å²) in [7, 11) is 1.44. The average Bonchev–Trinajstić information content (AvgIpc) is 2.86. The lowest BCUT2D eigenvalue weighted by molar-refractivity contribution is 0.0677. The van der Waals surface area contributed by atoms with Gasteiger partial charge in [-0.3, -0.25) is 4.79 Å². The molecule has 1 saturated heterocycles. The molecule has 0 aliphatic carbocycles. The topological polar surface area (TPSA) is 70.0 Å². The number of phenols is 1. The van der Waals surface area contributed by atoms with Gasteiger partial charge in [0, 0.05) is 12.1 Å². The molecule has 18 heavy (non-hydrogen) atoms. The van der Waals surface area contributed by atoms with Gasteiger partial charge in [-0.1, -0.05) is 0 Å². The Bertz CT molecular complexity index is 447. The fourth-order valence-electron chi connectivity index (χ4n) is 2.27. The van der Waals surface area contributed by atoms with Crippen molar-refractivity contribution in [1.29, 1.82) is 0 Å². The molecule has 0 radical (unpaired) electrons. The van der Waals surface area contributed by atoms with Gasteiger partial charge in [-0.25, -0.2) is 0 Å². The van der Waals surface area contributed by atoms with Gasteiger partial charge >= 0.3 is 0 Å². The fourth-order valence-corrected chi connectivity index (χ4v) is 2.27. The Morgan fingerprint density at radius 1 is 1.56 bits per heavy atom. The van der Waals surface area contributed by atoms with E-state index < -0.39 is 0 Å². The van der Waals surface area contributed by atoms with Crippen LogP contribution in [0.25, 0.3) is 0 Å². The number of carbonyl (C=O) groups excluding carboxylic acids is 1. The van der Waals surface area contributed by atoms with Crippen LogP contribution in [0.3, 0.4) is 0 Å². The van der Waals surface area contributed by atoms with Crippen molar-refractivity contribution < 1.29 is 19.7 Å². The van der Waals surface area contributed by atoms with Gasteiger partial charge in [0.1, 0.15) is 0 Å². The van der Waals surface area contributed by atoms with E-state index in [1.165, 1.54) is 19.2 Å². The van der Waals surface area contributed by atoms with Crippen LogP contribution >= 0.6 is 0 Å². The van der Waals surface area contributed by atoms with E-state index in [-0.39, 0.29) is 30.1 Å². The Balaban J connectivity index is 2.23. The molecular formula is C13H17NO4. The first-order valence-corrected chi connectivity index (χ1v) is 5.96. The predicted molar refractivity (Wildman–Crippen MR) is 65.8 cm³/mol. The number of nitrogens with zero attached hydrogens (tertiary/aromatic N) is 1. The molecule has 1 unspecified atom stereocenters. The number of phenolic OH excluding ortho intramolecular Hbond substituents is 1. The van der Waals surface area contributed by atoms with Gasteiger partial charge in [0.05, 0.1) is 19.8 Å². The van der Waals surface area contributed by atoms with E-state index in [2.05, 4.69) is 0 Å². The number of carbonyl (C=O) groups is 1. The SMILES string of the molecule is COc1cc(C(=O)N2CCCC2CO)ccc1O. The van der Waals surface area contributed by atoms with E-state index in [9.17, 15) is 15.0 Å². The minimum Gasteiger partial charge on any atom is -0.504 e. The quantitative estimate of drug-likeness (QED) is 0.840. The van der Waals surface area contributed by atoms with E-state index in [1.54, 1.807) is 11.0 Å². The molecule has 1 aliphatic rings. The van der Waals surface area contributed by atoms with Gasteiger partial charge in [0.25, 0.3) is 5.91 Å². The van der Waals surface area contributed by atoms with Crippen LogP contribution in [0.4, 0.5) is 0 Å². The molecule has 0 saturated carbocycles. The summed E-state index contributed by atoms with van der Waals surface area (Å²) in [5, 5.41) is 18.7. The van der Waals surface area contributed by atoms with Gasteiger partial charge in [-0.15, -0.1) is 0 Å². The molecule has 1 aromatic rings. The second-order valence-corrected chi connectivity index (χ2v) is 4.36. The second-order valence-electron chi connectivity index (χ2n) is 4.36. The van der Waals surface area contributed by atoms with Crippen LogP contribution in [-0.4, -0.2) is 47.3 Å². The molecule has 1 aliphatic heterocycles. The molecule has 0 bridgehead atoms. The Kier molecular flexibility index (Phi) is 3.72. The van der Waals surface area contributed by atoms with Crippen LogP contribution in [0.2, 0.25) is 0 Å². The summed E-state index contributed by atoms with van der Waals surface area (Å²) >= 11 is 0. The van der Waals surface area contributed by atoms with Crippen molar-refractivity contribution >= 4 is 5.91 Å². The summed E-state index contributed by atoms with van der Waals surface area (Å²) in [6, 6.07) is 4.42. The number of hydrogen-bond acceptors (Lipinski definition) is 4. The molecule has 1 aromatic carbocycles. The van der Waals surface area contributed by atoms with Gasteiger partial charge in [0.15, 0.2) is 11.5 Å². The monoisotopic (exact) mass is 251 g/mol. The van der Waals surface area contributed by atoms with E-state index in [4.69, 9.17) is 4.74 Å². The van der Waals surface area contributed by atoms with Crippen molar-refractivity contribution in [3.8, 4) is 11.5 Å². The molecule has 5 heteroatoms. The fraction of sp³-hybridized carbons (Fsp3) is 0.462. The van der Waals surface area contributed by atoms with Crippen LogP contribution in [0, 0.1) is 0 Å². The minimum atomic E-state index is -0.134. The summed E-state index contributed by atoms with van der Waals surface area (Å²) in [6.45, 7) is 0.647. The Morgan fingerprint density at radius 2 is 2.33 bits per heavy atom. The number of benzene rings is 1. The molecule has 1 heterocycles. The summed E-state index contributed by atoms with van der Waals surface area (Å²) in [6.07, 6.45) is 1.74. The molecule has 98 valence electrons. The highest BCUT2D eigenvalue weighted by molar-refractivity contribution is 5.95. The smallest absolute Gasteiger partial charge is 0.254 e. The van der Waals surface area contributed by atoms with Crippen LogP contribution in [-0.2, 0) is 0 Å². The first kappa shape index (κ1) is 12.7. The Morgan fingerprint density at radius 3 is 3.00 bits per heavy atom. The third-order valence-electron chi connectivity index (χ3n) is 3.28. The average molecular weight is 251 g/mol. The van der Waals surface area contributed by atoms with E-state index in [1.807, 2.05) is 0 Å². The number of likely N-dealkylation sites (tertiary alicyclic amines) is 1. The van der Waals surface area contributed by atoms with Gasteiger partial charge < -0.3 is 19.8 Å². The third-order valence-corrected chi connectivity index (χ3v) is 3.28. The predicted octanol–water partition coefficient (Wildman–Crippen LogP) is 0.998. The molecule has 1 fully saturated rings. The highest BCUT2D eigenvalue weighted by Crippen LogP contribution is 2.28. The number of aromatic hydroxyl groups is 1. The normalized spacial score (nSPS) is 19.0. The van der Waals surface area contributed by atoms with Crippen molar-refractivity contribution in [2.24, 2.45) is 0 Å². The molecule has 2 N–H and O–H groups in total. The summed E-state index contributed by atoms with van der Waals surface area (Å²) < 4.78 is 4.98. The Labute approximate surface area is 106 Å². The molecule has 0 spiro atoms. The van der Waals surface area contributed by atoms with Crippen LogP contribution < -0.4 is 4.74 Å². The molecular weight excluding hydrogens is 234 g/mol. The number of ether oxygens (including phenoxy) is 1.